The lowest BCUT2D eigenvalue weighted by atomic mass is 10.2. The molecule has 0 aromatic carbocycles. The fourth-order valence-electron chi connectivity index (χ4n) is 1.37. The van der Waals surface area contributed by atoms with Crippen molar-refractivity contribution in [2.45, 2.75) is 20.0 Å². The smallest absolute Gasteiger partial charge is 0.0890 e. The van der Waals surface area contributed by atoms with Gasteiger partial charge in [-0.05, 0) is 29.7 Å². The molecule has 0 bridgehead atoms. The molecule has 0 amide bonds. The second-order valence-electron chi connectivity index (χ2n) is 3.24. The van der Waals surface area contributed by atoms with Crippen LogP contribution in [0.5, 0.6) is 0 Å². The molecule has 0 saturated carbocycles. The van der Waals surface area contributed by atoms with Gasteiger partial charge in [0.05, 0.1) is 17.6 Å². The van der Waals surface area contributed by atoms with Crippen LogP contribution in [0.1, 0.15) is 18.1 Å². The molecule has 3 nitrogen and oxygen atoms in total. The third kappa shape index (κ3) is 1.59. The number of rotatable bonds is 2. The summed E-state index contributed by atoms with van der Waals surface area (Å²) in [5.74, 6) is 0. The predicted molar refractivity (Wildman–Crippen MR) is 54.8 cm³/mol. The molecule has 0 unspecified atom stereocenters. The maximum atomic E-state index is 8.93. The maximum Gasteiger partial charge on any atom is 0.0890 e. The molecular formula is C11H12N2O. The van der Waals surface area contributed by atoms with Crippen LogP contribution in [0.15, 0.2) is 24.5 Å². The molecule has 0 aliphatic carbocycles. The number of aliphatic hydroxyl groups is 1. The fraction of sp³-hybridized carbons (Fsp3) is 0.273. The Bertz CT molecular complexity index is 411. The van der Waals surface area contributed by atoms with Gasteiger partial charge in [0.2, 0.25) is 0 Å². The number of fused-ring (bicyclic) bond motifs is 1. The molecule has 0 radical (unpaired) electrons. The Labute approximate surface area is 82.4 Å². The molecule has 2 heterocycles. The number of aryl methyl sites for hydroxylation is 1. The summed E-state index contributed by atoms with van der Waals surface area (Å²) >= 11 is 0. The van der Waals surface area contributed by atoms with Gasteiger partial charge in [0.1, 0.15) is 0 Å². The molecule has 0 aliphatic heterocycles. The number of pyridine rings is 2. The largest absolute Gasteiger partial charge is 0.392 e. The van der Waals surface area contributed by atoms with Gasteiger partial charge in [0.25, 0.3) is 0 Å². The van der Waals surface area contributed by atoms with Gasteiger partial charge in [-0.3, -0.25) is 9.97 Å². The van der Waals surface area contributed by atoms with E-state index in [1.165, 1.54) is 5.56 Å². The molecule has 2 rings (SSSR count). The summed E-state index contributed by atoms with van der Waals surface area (Å²) in [4.78, 5) is 8.53. The Balaban J connectivity index is 2.57. The Hall–Kier alpha value is -1.48. The van der Waals surface area contributed by atoms with Crippen molar-refractivity contribution in [3.63, 3.8) is 0 Å². The lowest BCUT2D eigenvalue weighted by Crippen LogP contribution is -1.90. The molecular weight excluding hydrogens is 176 g/mol. The predicted octanol–water partition coefficient (Wildman–Crippen LogP) is 1.68. The summed E-state index contributed by atoms with van der Waals surface area (Å²) in [6, 6.07) is 3.89. The molecule has 2 aromatic heterocycles. The molecule has 0 fully saturated rings. The zero-order valence-corrected chi connectivity index (χ0v) is 8.07. The summed E-state index contributed by atoms with van der Waals surface area (Å²) in [5, 5.41) is 8.93. The molecule has 2 aromatic rings. The zero-order valence-electron chi connectivity index (χ0n) is 8.07. The van der Waals surface area contributed by atoms with Crippen molar-refractivity contribution in [2.75, 3.05) is 0 Å². The number of hydrogen-bond acceptors (Lipinski definition) is 3. The van der Waals surface area contributed by atoms with Crippen molar-refractivity contribution < 1.29 is 5.11 Å². The van der Waals surface area contributed by atoms with Gasteiger partial charge in [-0.15, -0.1) is 0 Å². The summed E-state index contributed by atoms with van der Waals surface area (Å²) in [6.07, 6.45) is 4.50. The van der Waals surface area contributed by atoms with Gasteiger partial charge in [-0.1, -0.05) is 6.92 Å². The SMILES string of the molecule is CCc1cnc2cc(CO)cnc2c1. The summed E-state index contributed by atoms with van der Waals surface area (Å²) < 4.78 is 0. The number of aliphatic hydroxyl groups excluding tert-OH is 1. The Morgan fingerprint density at radius 3 is 2.21 bits per heavy atom. The summed E-state index contributed by atoms with van der Waals surface area (Å²) in [5.41, 5.74) is 3.71. The van der Waals surface area contributed by atoms with Crippen molar-refractivity contribution in [3.8, 4) is 0 Å². The molecule has 1 N–H and O–H groups in total. The highest BCUT2D eigenvalue weighted by Gasteiger charge is 1.99. The molecule has 0 atom stereocenters. The maximum absolute atomic E-state index is 8.93. The standard InChI is InChI=1S/C11H12N2O/c1-2-8-3-10-11(12-5-8)4-9(7-14)6-13-10/h3-6,14H,2,7H2,1H3. The average Bonchev–Trinajstić information content (AvgIpc) is 2.27. The second kappa shape index (κ2) is 3.72. The third-order valence-corrected chi connectivity index (χ3v) is 2.24. The van der Waals surface area contributed by atoms with Crippen molar-refractivity contribution in [2.24, 2.45) is 0 Å². The van der Waals surface area contributed by atoms with Crippen LogP contribution in [0.4, 0.5) is 0 Å². The van der Waals surface area contributed by atoms with Gasteiger partial charge in [0.15, 0.2) is 0 Å². The third-order valence-electron chi connectivity index (χ3n) is 2.24. The number of aromatic nitrogens is 2. The molecule has 0 saturated heterocycles. The molecule has 72 valence electrons. The van der Waals surface area contributed by atoms with E-state index < -0.39 is 0 Å². The molecule has 0 spiro atoms. The highest BCUT2D eigenvalue weighted by Crippen LogP contribution is 2.12. The van der Waals surface area contributed by atoms with E-state index in [-0.39, 0.29) is 6.61 Å². The Morgan fingerprint density at radius 1 is 1.07 bits per heavy atom. The first-order valence-electron chi connectivity index (χ1n) is 4.68. The van der Waals surface area contributed by atoms with Crippen LogP contribution < -0.4 is 0 Å². The minimum absolute atomic E-state index is 0.0140. The first-order valence-corrected chi connectivity index (χ1v) is 4.68. The van der Waals surface area contributed by atoms with E-state index in [1.807, 2.05) is 18.3 Å². The normalized spacial score (nSPS) is 10.7. The van der Waals surface area contributed by atoms with Crippen LogP contribution in [-0.4, -0.2) is 15.1 Å². The highest BCUT2D eigenvalue weighted by atomic mass is 16.3. The zero-order chi connectivity index (χ0) is 9.97. The topological polar surface area (TPSA) is 46.0 Å². The van der Waals surface area contributed by atoms with E-state index >= 15 is 0 Å². The van der Waals surface area contributed by atoms with Crippen molar-refractivity contribution in [3.05, 3.63) is 35.7 Å². The van der Waals surface area contributed by atoms with Gasteiger partial charge in [0, 0.05) is 12.4 Å². The van der Waals surface area contributed by atoms with E-state index in [2.05, 4.69) is 16.9 Å². The van der Waals surface area contributed by atoms with E-state index in [0.717, 1.165) is 23.0 Å². The second-order valence-corrected chi connectivity index (χ2v) is 3.24. The lowest BCUT2D eigenvalue weighted by Gasteiger charge is -2.01. The molecule has 14 heavy (non-hydrogen) atoms. The lowest BCUT2D eigenvalue weighted by molar-refractivity contribution is 0.281. The Morgan fingerprint density at radius 2 is 1.64 bits per heavy atom. The van der Waals surface area contributed by atoms with Crippen molar-refractivity contribution in [1.29, 1.82) is 0 Å². The molecule has 0 aliphatic rings. The van der Waals surface area contributed by atoms with Crippen LogP contribution in [-0.2, 0) is 13.0 Å². The number of nitrogens with zero attached hydrogens (tertiary/aromatic N) is 2. The fourth-order valence-corrected chi connectivity index (χ4v) is 1.37. The monoisotopic (exact) mass is 188 g/mol. The van der Waals surface area contributed by atoms with Crippen LogP contribution >= 0.6 is 0 Å². The van der Waals surface area contributed by atoms with Crippen LogP contribution in [0, 0.1) is 0 Å². The summed E-state index contributed by atoms with van der Waals surface area (Å²) in [7, 11) is 0. The molecule has 3 heteroatoms. The minimum Gasteiger partial charge on any atom is -0.392 e. The van der Waals surface area contributed by atoms with Crippen LogP contribution in [0.2, 0.25) is 0 Å². The van der Waals surface area contributed by atoms with E-state index in [1.54, 1.807) is 6.20 Å². The Kier molecular flexibility index (Phi) is 2.41. The van der Waals surface area contributed by atoms with E-state index in [4.69, 9.17) is 5.11 Å². The van der Waals surface area contributed by atoms with Crippen molar-refractivity contribution >= 4 is 11.0 Å². The van der Waals surface area contributed by atoms with Gasteiger partial charge in [-0.2, -0.15) is 0 Å². The van der Waals surface area contributed by atoms with Crippen LogP contribution in [0.25, 0.3) is 11.0 Å². The van der Waals surface area contributed by atoms with Gasteiger partial charge in [-0.25, -0.2) is 0 Å². The highest BCUT2D eigenvalue weighted by molar-refractivity contribution is 5.74. The number of hydrogen-bond donors (Lipinski definition) is 1. The first-order chi connectivity index (χ1) is 6.83. The first kappa shape index (κ1) is 9.09. The van der Waals surface area contributed by atoms with Gasteiger partial charge < -0.3 is 5.11 Å². The van der Waals surface area contributed by atoms with Gasteiger partial charge >= 0.3 is 0 Å². The van der Waals surface area contributed by atoms with Crippen molar-refractivity contribution in [1.82, 2.24) is 9.97 Å². The summed E-state index contributed by atoms with van der Waals surface area (Å²) in [6.45, 7) is 2.10. The van der Waals surface area contributed by atoms with E-state index in [0.29, 0.717) is 0 Å². The van der Waals surface area contributed by atoms with Crippen LogP contribution in [0.3, 0.4) is 0 Å². The average molecular weight is 188 g/mol. The minimum atomic E-state index is 0.0140. The quantitative estimate of drug-likeness (QED) is 0.780. The van der Waals surface area contributed by atoms with E-state index in [9.17, 15) is 0 Å².